The molecule has 0 amide bonds. The number of guanidine groups is 1. The zero-order valence-corrected chi connectivity index (χ0v) is 10.9. The quantitative estimate of drug-likeness (QED) is 0.638. The Hall–Kier alpha value is -1.52. The van der Waals surface area contributed by atoms with Gasteiger partial charge in [-0.1, -0.05) is 19.0 Å². The Morgan fingerprint density at radius 3 is 2.88 bits per heavy atom. The van der Waals surface area contributed by atoms with Crippen molar-refractivity contribution in [3.63, 3.8) is 0 Å². The largest absolute Gasteiger partial charge is 0.364 e. The Kier molecular flexibility index (Phi) is 3.09. The molecule has 1 aliphatic rings. The van der Waals surface area contributed by atoms with E-state index in [1.165, 1.54) is 6.42 Å². The fourth-order valence-electron chi connectivity index (χ4n) is 1.85. The van der Waals surface area contributed by atoms with Crippen LogP contribution in [0.3, 0.4) is 0 Å². The first kappa shape index (κ1) is 12.0. The minimum atomic E-state index is 0.394. The standard InChI is InChI=1S/C12H20N4O/c1-12(2)7-10(12)14-11(13-3)16(4)8-9-5-6-17-15-9/h5-6,10H,7-8H2,1-4H3,(H,13,14). The summed E-state index contributed by atoms with van der Waals surface area (Å²) in [4.78, 5) is 6.34. The van der Waals surface area contributed by atoms with E-state index < -0.39 is 0 Å². The van der Waals surface area contributed by atoms with Crippen molar-refractivity contribution >= 4 is 5.96 Å². The van der Waals surface area contributed by atoms with Gasteiger partial charge in [-0.15, -0.1) is 0 Å². The molecule has 1 aliphatic carbocycles. The van der Waals surface area contributed by atoms with Crippen LogP contribution in [0.15, 0.2) is 21.8 Å². The van der Waals surface area contributed by atoms with Gasteiger partial charge in [0.2, 0.25) is 0 Å². The molecule has 1 aromatic heterocycles. The normalized spacial score (nSPS) is 22.4. The van der Waals surface area contributed by atoms with Crippen LogP contribution >= 0.6 is 0 Å². The van der Waals surface area contributed by atoms with E-state index in [1.807, 2.05) is 18.0 Å². The SMILES string of the molecule is CN=C(NC1CC1(C)C)N(C)Cc1ccon1. The lowest BCUT2D eigenvalue weighted by Crippen LogP contribution is -2.40. The number of aliphatic imine (C=N–C) groups is 1. The van der Waals surface area contributed by atoms with Crippen molar-refractivity contribution in [3.05, 3.63) is 18.0 Å². The van der Waals surface area contributed by atoms with Crippen LogP contribution in [0, 0.1) is 5.41 Å². The maximum Gasteiger partial charge on any atom is 0.193 e. The highest BCUT2D eigenvalue weighted by atomic mass is 16.5. The van der Waals surface area contributed by atoms with Crippen molar-refractivity contribution in [3.8, 4) is 0 Å². The van der Waals surface area contributed by atoms with Crippen LogP contribution in [0.2, 0.25) is 0 Å². The predicted molar refractivity (Wildman–Crippen MR) is 66.7 cm³/mol. The second-order valence-electron chi connectivity index (χ2n) is 5.28. The molecule has 0 aliphatic heterocycles. The first-order valence-corrected chi connectivity index (χ1v) is 5.86. The Bertz CT molecular complexity index is 397. The van der Waals surface area contributed by atoms with E-state index in [0.29, 0.717) is 18.0 Å². The third-order valence-corrected chi connectivity index (χ3v) is 3.28. The minimum absolute atomic E-state index is 0.394. The smallest absolute Gasteiger partial charge is 0.193 e. The van der Waals surface area contributed by atoms with Gasteiger partial charge in [0.05, 0.1) is 6.54 Å². The Morgan fingerprint density at radius 1 is 1.71 bits per heavy atom. The van der Waals surface area contributed by atoms with Gasteiger partial charge in [0, 0.05) is 26.2 Å². The summed E-state index contributed by atoms with van der Waals surface area (Å²) in [5, 5.41) is 7.36. The summed E-state index contributed by atoms with van der Waals surface area (Å²) in [5.74, 6) is 0.906. The highest BCUT2D eigenvalue weighted by Gasteiger charge is 2.46. The van der Waals surface area contributed by atoms with Gasteiger partial charge in [-0.3, -0.25) is 4.99 Å². The summed E-state index contributed by atoms with van der Waals surface area (Å²) in [6.45, 7) is 5.22. The molecule has 1 heterocycles. The predicted octanol–water partition coefficient (Wildman–Crippen LogP) is 1.48. The summed E-state index contributed by atoms with van der Waals surface area (Å²) in [6.07, 6.45) is 2.78. The second-order valence-corrected chi connectivity index (χ2v) is 5.28. The molecule has 0 bridgehead atoms. The van der Waals surface area contributed by atoms with Gasteiger partial charge in [-0.05, 0) is 11.8 Å². The van der Waals surface area contributed by atoms with E-state index in [4.69, 9.17) is 4.52 Å². The van der Waals surface area contributed by atoms with Crippen molar-refractivity contribution in [2.24, 2.45) is 10.4 Å². The Balaban J connectivity index is 1.90. The molecule has 0 saturated heterocycles. The molecule has 0 aromatic carbocycles. The van der Waals surface area contributed by atoms with Crippen LogP contribution in [0.25, 0.3) is 0 Å². The van der Waals surface area contributed by atoms with Crippen LogP contribution in [0.1, 0.15) is 26.0 Å². The molecule has 0 radical (unpaired) electrons. The lowest BCUT2D eigenvalue weighted by molar-refractivity contribution is 0.390. The molecular formula is C12H20N4O. The summed E-state index contributed by atoms with van der Waals surface area (Å²) in [5.41, 5.74) is 1.30. The van der Waals surface area contributed by atoms with Crippen molar-refractivity contribution in [1.82, 2.24) is 15.4 Å². The third kappa shape index (κ3) is 2.78. The molecule has 5 heteroatoms. The van der Waals surface area contributed by atoms with Crippen LogP contribution < -0.4 is 5.32 Å². The zero-order valence-electron chi connectivity index (χ0n) is 10.9. The Labute approximate surface area is 102 Å². The molecule has 94 valence electrons. The third-order valence-electron chi connectivity index (χ3n) is 3.28. The number of nitrogens with one attached hydrogen (secondary N) is 1. The number of nitrogens with zero attached hydrogens (tertiary/aromatic N) is 3. The number of rotatable bonds is 3. The molecule has 1 atom stereocenters. The average molecular weight is 236 g/mol. The maximum atomic E-state index is 4.82. The molecule has 5 nitrogen and oxygen atoms in total. The van der Waals surface area contributed by atoms with Crippen molar-refractivity contribution in [2.45, 2.75) is 32.9 Å². The maximum absolute atomic E-state index is 4.82. The molecule has 1 N–H and O–H groups in total. The first-order chi connectivity index (χ1) is 8.03. The number of hydrogen-bond donors (Lipinski definition) is 1. The lowest BCUT2D eigenvalue weighted by atomic mass is 10.2. The van der Waals surface area contributed by atoms with Crippen LogP contribution in [-0.4, -0.2) is 36.2 Å². The van der Waals surface area contributed by atoms with Gasteiger partial charge in [0.1, 0.15) is 12.0 Å². The van der Waals surface area contributed by atoms with Gasteiger partial charge in [0.25, 0.3) is 0 Å². The van der Waals surface area contributed by atoms with E-state index in [0.717, 1.165) is 11.7 Å². The minimum Gasteiger partial charge on any atom is -0.364 e. The monoisotopic (exact) mass is 236 g/mol. The summed E-state index contributed by atoms with van der Waals surface area (Å²) < 4.78 is 4.82. The average Bonchev–Trinajstić information content (AvgIpc) is 2.67. The summed E-state index contributed by atoms with van der Waals surface area (Å²) in [6, 6.07) is 2.39. The van der Waals surface area contributed by atoms with Crippen molar-refractivity contribution < 1.29 is 4.52 Å². The molecular weight excluding hydrogens is 216 g/mol. The molecule has 2 rings (SSSR count). The Morgan fingerprint density at radius 2 is 2.41 bits per heavy atom. The highest BCUT2D eigenvalue weighted by Crippen LogP contribution is 2.44. The molecule has 1 fully saturated rings. The van der Waals surface area contributed by atoms with Gasteiger partial charge in [-0.2, -0.15) is 0 Å². The highest BCUT2D eigenvalue weighted by molar-refractivity contribution is 5.80. The molecule has 1 unspecified atom stereocenters. The fraction of sp³-hybridized carbons (Fsp3) is 0.667. The number of aromatic nitrogens is 1. The van der Waals surface area contributed by atoms with Gasteiger partial charge >= 0.3 is 0 Å². The zero-order chi connectivity index (χ0) is 12.5. The van der Waals surface area contributed by atoms with Gasteiger partial charge in [-0.25, -0.2) is 0 Å². The molecule has 0 spiro atoms. The second kappa shape index (κ2) is 4.39. The summed E-state index contributed by atoms with van der Waals surface area (Å²) in [7, 11) is 3.80. The van der Waals surface area contributed by atoms with Gasteiger partial charge in [0.15, 0.2) is 5.96 Å². The first-order valence-electron chi connectivity index (χ1n) is 5.86. The van der Waals surface area contributed by atoms with E-state index in [2.05, 4.69) is 29.3 Å². The van der Waals surface area contributed by atoms with Crippen LogP contribution in [-0.2, 0) is 6.54 Å². The number of hydrogen-bond acceptors (Lipinski definition) is 3. The van der Waals surface area contributed by atoms with E-state index in [1.54, 1.807) is 13.3 Å². The van der Waals surface area contributed by atoms with E-state index in [9.17, 15) is 0 Å². The topological polar surface area (TPSA) is 53.7 Å². The van der Waals surface area contributed by atoms with Crippen LogP contribution in [0.4, 0.5) is 0 Å². The van der Waals surface area contributed by atoms with E-state index in [-0.39, 0.29) is 0 Å². The van der Waals surface area contributed by atoms with Crippen molar-refractivity contribution in [1.29, 1.82) is 0 Å². The fourth-order valence-corrected chi connectivity index (χ4v) is 1.85. The summed E-state index contributed by atoms with van der Waals surface area (Å²) >= 11 is 0. The molecule has 1 saturated carbocycles. The van der Waals surface area contributed by atoms with Gasteiger partial charge < -0.3 is 14.7 Å². The van der Waals surface area contributed by atoms with Crippen molar-refractivity contribution in [2.75, 3.05) is 14.1 Å². The van der Waals surface area contributed by atoms with Crippen LogP contribution in [0.5, 0.6) is 0 Å². The van der Waals surface area contributed by atoms with E-state index >= 15 is 0 Å². The molecule has 1 aromatic rings. The lowest BCUT2D eigenvalue weighted by Gasteiger charge is -2.21. The molecule has 17 heavy (non-hydrogen) atoms.